The van der Waals surface area contributed by atoms with Crippen LogP contribution in [0.4, 0.5) is 14.6 Å². The molecule has 4 aromatic rings. The SMILES string of the molecule is Cc1nc2nc(Cc3cccc(F)c3)nn2c(NCc2ccc(F)cc2)c1C. The van der Waals surface area contributed by atoms with Crippen LogP contribution in [0.3, 0.4) is 0 Å². The minimum Gasteiger partial charge on any atom is -0.366 e. The normalized spacial score (nSPS) is 11.1. The first-order valence-electron chi connectivity index (χ1n) is 8.95. The summed E-state index contributed by atoms with van der Waals surface area (Å²) in [6, 6.07) is 12.7. The van der Waals surface area contributed by atoms with E-state index >= 15 is 0 Å². The van der Waals surface area contributed by atoms with Gasteiger partial charge in [0.25, 0.3) is 5.78 Å². The zero-order chi connectivity index (χ0) is 19.7. The Bertz CT molecular complexity index is 1140. The van der Waals surface area contributed by atoms with Gasteiger partial charge in [-0.2, -0.15) is 9.50 Å². The Morgan fingerprint density at radius 3 is 2.46 bits per heavy atom. The molecule has 0 aliphatic heterocycles. The summed E-state index contributed by atoms with van der Waals surface area (Å²) in [4.78, 5) is 9.00. The van der Waals surface area contributed by atoms with Crippen LogP contribution < -0.4 is 5.32 Å². The van der Waals surface area contributed by atoms with Crippen molar-refractivity contribution in [2.45, 2.75) is 26.8 Å². The molecule has 0 aliphatic rings. The summed E-state index contributed by atoms with van der Waals surface area (Å²) < 4.78 is 28.2. The zero-order valence-corrected chi connectivity index (χ0v) is 15.6. The third-order valence-electron chi connectivity index (χ3n) is 4.64. The number of anilines is 1. The number of aryl methyl sites for hydroxylation is 1. The smallest absolute Gasteiger partial charge is 0.254 e. The van der Waals surface area contributed by atoms with E-state index in [1.165, 1.54) is 24.3 Å². The van der Waals surface area contributed by atoms with Crippen LogP contribution in [-0.2, 0) is 13.0 Å². The number of nitrogens with zero attached hydrogens (tertiary/aromatic N) is 4. The molecule has 0 fully saturated rings. The molecule has 0 aliphatic carbocycles. The summed E-state index contributed by atoms with van der Waals surface area (Å²) in [5.41, 5.74) is 3.55. The average molecular weight is 379 g/mol. The molecule has 4 rings (SSSR count). The Kier molecular flexibility index (Phi) is 4.73. The molecular formula is C21H19F2N5. The fraction of sp³-hybridized carbons (Fsp3) is 0.190. The molecule has 2 aromatic carbocycles. The molecular weight excluding hydrogens is 360 g/mol. The highest BCUT2D eigenvalue weighted by atomic mass is 19.1. The Morgan fingerprint density at radius 1 is 0.929 bits per heavy atom. The number of halogens is 2. The molecule has 0 atom stereocenters. The van der Waals surface area contributed by atoms with Gasteiger partial charge in [-0.05, 0) is 49.2 Å². The molecule has 5 nitrogen and oxygen atoms in total. The van der Waals surface area contributed by atoms with E-state index in [4.69, 9.17) is 0 Å². The van der Waals surface area contributed by atoms with Crippen LogP contribution in [0.1, 0.15) is 28.2 Å². The maximum Gasteiger partial charge on any atom is 0.254 e. The Morgan fingerprint density at radius 2 is 1.71 bits per heavy atom. The highest BCUT2D eigenvalue weighted by Gasteiger charge is 2.14. The number of nitrogens with one attached hydrogen (secondary N) is 1. The topological polar surface area (TPSA) is 55.1 Å². The fourth-order valence-corrected chi connectivity index (χ4v) is 3.03. The lowest BCUT2D eigenvalue weighted by Crippen LogP contribution is -2.10. The van der Waals surface area contributed by atoms with Gasteiger partial charge in [-0.3, -0.25) is 0 Å². The summed E-state index contributed by atoms with van der Waals surface area (Å²) in [5.74, 6) is 1.28. The molecule has 28 heavy (non-hydrogen) atoms. The minimum absolute atomic E-state index is 0.264. The van der Waals surface area contributed by atoms with Crippen molar-refractivity contribution in [1.82, 2.24) is 19.6 Å². The molecule has 7 heteroatoms. The van der Waals surface area contributed by atoms with Gasteiger partial charge < -0.3 is 5.32 Å². The Hall–Kier alpha value is -3.35. The van der Waals surface area contributed by atoms with E-state index in [2.05, 4.69) is 20.4 Å². The summed E-state index contributed by atoms with van der Waals surface area (Å²) in [7, 11) is 0. The molecule has 0 spiro atoms. The number of benzene rings is 2. The van der Waals surface area contributed by atoms with E-state index in [0.717, 1.165) is 28.2 Å². The summed E-state index contributed by atoms with van der Waals surface area (Å²) >= 11 is 0. The first kappa shape index (κ1) is 18.0. The number of hydrogen-bond donors (Lipinski definition) is 1. The quantitative estimate of drug-likeness (QED) is 0.564. The molecule has 2 aromatic heterocycles. The fourth-order valence-electron chi connectivity index (χ4n) is 3.03. The van der Waals surface area contributed by atoms with Gasteiger partial charge in [-0.1, -0.05) is 24.3 Å². The van der Waals surface area contributed by atoms with Crippen molar-refractivity contribution in [3.8, 4) is 0 Å². The van der Waals surface area contributed by atoms with E-state index in [9.17, 15) is 8.78 Å². The highest BCUT2D eigenvalue weighted by Crippen LogP contribution is 2.20. The first-order chi connectivity index (χ1) is 13.5. The van der Waals surface area contributed by atoms with E-state index < -0.39 is 0 Å². The van der Waals surface area contributed by atoms with Crippen molar-refractivity contribution in [3.05, 3.63) is 88.4 Å². The van der Waals surface area contributed by atoms with Gasteiger partial charge in [0.2, 0.25) is 0 Å². The lowest BCUT2D eigenvalue weighted by atomic mass is 10.1. The van der Waals surface area contributed by atoms with E-state index in [1.54, 1.807) is 22.7 Å². The monoisotopic (exact) mass is 379 g/mol. The maximum atomic E-state index is 13.4. The Labute approximate surface area is 161 Å². The summed E-state index contributed by atoms with van der Waals surface area (Å²) in [5, 5.41) is 7.92. The third-order valence-corrected chi connectivity index (χ3v) is 4.64. The molecule has 0 saturated carbocycles. The molecule has 0 amide bonds. The number of aromatic nitrogens is 4. The van der Waals surface area contributed by atoms with Gasteiger partial charge in [0.05, 0.1) is 0 Å². The van der Waals surface area contributed by atoms with Gasteiger partial charge in [-0.15, -0.1) is 5.10 Å². The van der Waals surface area contributed by atoms with Crippen molar-refractivity contribution in [2.75, 3.05) is 5.32 Å². The minimum atomic E-state index is -0.285. The van der Waals surface area contributed by atoms with Gasteiger partial charge in [0.1, 0.15) is 17.5 Å². The molecule has 0 saturated heterocycles. The molecule has 142 valence electrons. The molecule has 1 N–H and O–H groups in total. The summed E-state index contributed by atoms with van der Waals surface area (Å²) in [6.07, 6.45) is 0.413. The van der Waals surface area contributed by atoms with Crippen LogP contribution in [0, 0.1) is 25.5 Å². The van der Waals surface area contributed by atoms with Crippen LogP contribution >= 0.6 is 0 Å². The third kappa shape index (κ3) is 3.69. The lowest BCUT2D eigenvalue weighted by molar-refractivity contribution is 0.625. The first-order valence-corrected chi connectivity index (χ1v) is 8.95. The lowest BCUT2D eigenvalue weighted by Gasteiger charge is -2.12. The van der Waals surface area contributed by atoms with Crippen LogP contribution in [-0.4, -0.2) is 19.6 Å². The standard InChI is InChI=1S/C21H19F2N5/c1-13-14(2)25-21-26-19(11-16-4-3-5-18(23)10-16)27-28(21)20(13)24-12-15-6-8-17(22)9-7-15/h3-10,24H,11-12H2,1-2H3. The van der Waals surface area contributed by atoms with Gasteiger partial charge in [0, 0.05) is 24.2 Å². The highest BCUT2D eigenvalue weighted by molar-refractivity contribution is 5.52. The molecule has 0 unspecified atom stereocenters. The second kappa shape index (κ2) is 7.34. The number of rotatable bonds is 5. The van der Waals surface area contributed by atoms with Crippen LogP contribution in [0.2, 0.25) is 0 Å². The molecule has 0 radical (unpaired) electrons. The van der Waals surface area contributed by atoms with Crippen LogP contribution in [0.15, 0.2) is 48.5 Å². The average Bonchev–Trinajstić information content (AvgIpc) is 3.05. The molecule has 0 bridgehead atoms. The molecule has 2 heterocycles. The second-order valence-electron chi connectivity index (χ2n) is 6.70. The van der Waals surface area contributed by atoms with Crippen LogP contribution in [0.25, 0.3) is 5.78 Å². The maximum absolute atomic E-state index is 13.4. The van der Waals surface area contributed by atoms with Crippen molar-refractivity contribution >= 4 is 11.6 Å². The predicted molar refractivity (Wildman–Crippen MR) is 103 cm³/mol. The van der Waals surface area contributed by atoms with Gasteiger partial charge >= 0.3 is 0 Å². The van der Waals surface area contributed by atoms with Gasteiger partial charge in [-0.25, -0.2) is 13.8 Å². The van der Waals surface area contributed by atoms with Gasteiger partial charge in [0.15, 0.2) is 5.82 Å². The van der Waals surface area contributed by atoms with Crippen molar-refractivity contribution in [1.29, 1.82) is 0 Å². The van der Waals surface area contributed by atoms with Crippen molar-refractivity contribution in [3.63, 3.8) is 0 Å². The van der Waals surface area contributed by atoms with Crippen molar-refractivity contribution in [2.24, 2.45) is 0 Å². The van der Waals surface area contributed by atoms with Crippen molar-refractivity contribution < 1.29 is 8.78 Å². The van der Waals surface area contributed by atoms with E-state index in [1.807, 2.05) is 19.9 Å². The zero-order valence-electron chi connectivity index (χ0n) is 15.6. The number of hydrogen-bond acceptors (Lipinski definition) is 4. The predicted octanol–water partition coefficient (Wildman–Crippen LogP) is 4.22. The van der Waals surface area contributed by atoms with E-state index in [0.29, 0.717) is 24.6 Å². The van der Waals surface area contributed by atoms with Crippen LogP contribution in [0.5, 0.6) is 0 Å². The largest absolute Gasteiger partial charge is 0.366 e. The Balaban J connectivity index is 1.65. The van der Waals surface area contributed by atoms with E-state index in [-0.39, 0.29) is 11.6 Å². The number of fused-ring (bicyclic) bond motifs is 1. The summed E-state index contributed by atoms with van der Waals surface area (Å²) in [6.45, 7) is 4.39. The second-order valence-corrected chi connectivity index (χ2v) is 6.70.